The van der Waals surface area contributed by atoms with Crippen molar-refractivity contribution in [1.82, 2.24) is 9.55 Å². The number of aromatic nitrogens is 2. The van der Waals surface area contributed by atoms with Crippen molar-refractivity contribution in [3.8, 4) is 0 Å². The zero-order valence-electron chi connectivity index (χ0n) is 10.5. The molecule has 1 saturated heterocycles. The molecule has 0 amide bonds. The maximum Gasteiger partial charge on any atom is 0.262 e. The summed E-state index contributed by atoms with van der Waals surface area (Å²) in [5.41, 5.74) is 0.172. The molecule has 2 aromatic rings. The van der Waals surface area contributed by atoms with E-state index in [1.54, 1.807) is 24.4 Å². The van der Waals surface area contributed by atoms with Gasteiger partial charge in [0, 0.05) is 12.4 Å². The molecule has 20 heavy (non-hydrogen) atoms. The lowest BCUT2D eigenvalue weighted by atomic mass is 10.1. The van der Waals surface area contributed by atoms with Crippen LogP contribution in [-0.2, 0) is 4.74 Å². The lowest BCUT2D eigenvalue weighted by Gasteiger charge is -2.17. The summed E-state index contributed by atoms with van der Waals surface area (Å²) in [4.78, 5) is 16.4. The van der Waals surface area contributed by atoms with Crippen molar-refractivity contribution in [3.05, 3.63) is 40.9 Å². The minimum absolute atomic E-state index is 0.370. The van der Waals surface area contributed by atoms with Crippen LogP contribution in [0.5, 0.6) is 0 Å². The molecule has 0 aliphatic carbocycles. The van der Waals surface area contributed by atoms with Crippen LogP contribution in [0, 0.1) is 0 Å². The lowest BCUT2D eigenvalue weighted by molar-refractivity contribution is -0.0541. The SMILES string of the molecule is O=c1c2cccnc2ccn1[C@@H]1O[C@H](CO)[C@@H](O)[C@@H]1O. The van der Waals surface area contributed by atoms with Gasteiger partial charge in [0.25, 0.3) is 5.56 Å². The largest absolute Gasteiger partial charge is 0.394 e. The Morgan fingerprint density at radius 2 is 2.10 bits per heavy atom. The highest BCUT2D eigenvalue weighted by Crippen LogP contribution is 2.28. The van der Waals surface area contributed by atoms with Gasteiger partial charge in [0.2, 0.25) is 0 Å². The Kier molecular flexibility index (Phi) is 3.27. The molecule has 106 valence electrons. The molecule has 3 rings (SSSR count). The zero-order chi connectivity index (χ0) is 14.3. The van der Waals surface area contributed by atoms with E-state index in [1.165, 1.54) is 10.8 Å². The first kappa shape index (κ1) is 13.2. The van der Waals surface area contributed by atoms with Crippen molar-refractivity contribution in [3.63, 3.8) is 0 Å². The van der Waals surface area contributed by atoms with Crippen molar-refractivity contribution in [2.75, 3.05) is 6.61 Å². The van der Waals surface area contributed by atoms with Gasteiger partial charge in [-0.2, -0.15) is 0 Å². The van der Waals surface area contributed by atoms with Crippen LogP contribution in [0.2, 0.25) is 0 Å². The highest BCUT2D eigenvalue weighted by molar-refractivity contribution is 5.76. The number of aliphatic hydroxyl groups is 3. The van der Waals surface area contributed by atoms with E-state index in [2.05, 4.69) is 4.98 Å². The molecule has 0 saturated carbocycles. The quantitative estimate of drug-likeness (QED) is 0.651. The number of aliphatic hydroxyl groups excluding tert-OH is 3. The predicted octanol–water partition coefficient (Wildman–Crippen LogP) is -0.992. The highest BCUT2D eigenvalue weighted by atomic mass is 16.6. The van der Waals surface area contributed by atoms with E-state index in [1.807, 2.05) is 0 Å². The van der Waals surface area contributed by atoms with Crippen LogP contribution in [0.1, 0.15) is 6.23 Å². The van der Waals surface area contributed by atoms with Crippen LogP contribution in [0.25, 0.3) is 10.9 Å². The second-order valence-corrected chi connectivity index (χ2v) is 4.69. The molecule has 3 heterocycles. The second-order valence-electron chi connectivity index (χ2n) is 4.69. The van der Waals surface area contributed by atoms with Gasteiger partial charge in [-0.15, -0.1) is 0 Å². The average molecular weight is 278 g/mol. The number of nitrogens with zero attached hydrogens (tertiary/aromatic N) is 2. The van der Waals surface area contributed by atoms with Crippen LogP contribution < -0.4 is 5.56 Å². The van der Waals surface area contributed by atoms with Gasteiger partial charge in [0.1, 0.15) is 18.3 Å². The number of hydrogen-bond acceptors (Lipinski definition) is 6. The topological polar surface area (TPSA) is 105 Å². The van der Waals surface area contributed by atoms with Crippen molar-refractivity contribution in [2.24, 2.45) is 0 Å². The van der Waals surface area contributed by atoms with E-state index in [9.17, 15) is 15.0 Å². The van der Waals surface area contributed by atoms with Crippen LogP contribution in [0.4, 0.5) is 0 Å². The highest BCUT2D eigenvalue weighted by Gasteiger charge is 2.43. The third-order valence-corrected chi connectivity index (χ3v) is 3.49. The van der Waals surface area contributed by atoms with Crippen molar-refractivity contribution < 1.29 is 20.1 Å². The van der Waals surface area contributed by atoms with Crippen LogP contribution >= 0.6 is 0 Å². The number of hydrogen-bond donors (Lipinski definition) is 3. The third-order valence-electron chi connectivity index (χ3n) is 3.49. The average Bonchev–Trinajstić information content (AvgIpc) is 2.76. The Labute approximate surface area is 113 Å². The molecule has 7 nitrogen and oxygen atoms in total. The van der Waals surface area contributed by atoms with Crippen molar-refractivity contribution in [2.45, 2.75) is 24.5 Å². The molecule has 0 bridgehead atoms. The number of pyridine rings is 2. The molecule has 1 aliphatic heterocycles. The molecule has 1 fully saturated rings. The molecule has 3 N–H and O–H groups in total. The van der Waals surface area contributed by atoms with Gasteiger partial charge in [0.05, 0.1) is 17.5 Å². The van der Waals surface area contributed by atoms with Gasteiger partial charge in [-0.1, -0.05) is 0 Å². The summed E-state index contributed by atoms with van der Waals surface area (Å²) >= 11 is 0. The number of rotatable bonds is 2. The van der Waals surface area contributed by atoms with Crippen LogP contribution in [0.3, 0.4) is 0 Å². The summed E-state index contributed by atoms with van der Waals surface area (Å²) in [6.07, 6.45) is -1.41. The Morgan fingerprint density at radius 1 is 1.30 bits per heavy atom. The maximum absolute atomic E-state index is 12.4. The molecular weight excluding hydrogens is 264 g/mol. The first-order valence-corrected chi connectivity index (χ1v) is 6.22. The summed E-state index contributed by atoms with van der Waals surface area (Å²) in [7, 11) is 0. The third kappa shape index (κ3) is 1.92. The molecule has 0 radical (unpaired) electrons. The first-order valence-electron chi connectivity index (χ1n) is 6.22. The maximum atomic E-state index is 12.4. The molecular formula is C13H14N2O5. The van der Waals surface area contributed by atoms with E-state index in [0.29, 0.717) is 10.9 Å². The van der Waals surface area contributed by atoms with E-state index >= 15 is 0 Å². The minimum Gasteiger partial charge on any atom is -0.394 e. The normalized spacial score (nSPS) is 29.9. The monoisotopic (exact) mass is 278 g/mol. The Bertz CT molecular complexity index is 686. The number of fused-ring (bicyclic) bond motifs is 1. The van der Waals surface area contributed by atoms with Gasteiger partial charge < -0.3 is 20.1 Å². The van der Waals surface area contributed by atoms with Crippen molar-refractivity contribution in [1.29, 1.82) is 0 Å². The second kappa shape index (κ2) is 4.95. The predicted molar refractivity (Wildman–Crippen MR) is 69.0 cm³/mol. The molecule has 0 aromatic carbocycles. The zero-order valence-corrected chi connectivity index (χ0v) is 10.5. The Hall–Kier alpha value is -1.80. The van der Waals surface area contributed by atoms with Crippen LogP contribution in [-0.4, -0.2) is 49.8 Å². The smallest absolute Gasteiger partial charge is 0.262 e. The molecule has 0 spiro atoms. The van der Waals surface area contributed by atoms with Gasteiger partial charge >= 0.3 is 0 Å². The summed E-state index contributed by atoms with van der Waals surface area (Å²) in [5, 5.41) is 29.1. The fourth-order valence-corrected chi connectivity index (χ4v) is 2.40. The first-order chi connectivity index (χ1) is 9.63. The van der Waals surface area contributed by atoms with Gasteiger partial charge in [0.15, 0.2) is 6.23 Å². The van der Waals surface area contributed by atoms with E-state index < -0.39 is 31.1 Å². The van der Waals surface area contributed by atoms with E-state index in [4.69, 9.17) is 9.84 Å². The van der Waals surface area contributed by atoms with Gasteiger partial charge in [-0.05, 0) is 18.2 Å². The van der Waals surface area contributed by atoms with Gasteiger partial charge in [-0.3, -0.25) is 14.3 Å². The fraction of sp³-hybridized carbons (Fsp3) is 0.385. The summed E-state index contributed by atoms with van der Waals surface area (Å²) in [6.45, 7) is -0.432. The molecule has 2 aromatic heterocycles. The molecule has 0 unspecified atom stereocenters. The Morgan fingerprint density at radius 3 is 2.80 bits per heavy atom. The Balaban J connectivity index is 2.07. The fourth-order valence-electron chi connectivity index (χ4n) is 2.40. The van der Waals surface area contributed by atoms with E-state index in [-0.39, 0.29) is 5.56 Å². The standard InChI is InChI=1S/C13H14N2O5/c16-6-9-10(17)11(18)13(20-9)15-5-3-8-7(12(15)19)2-1-4-14-8/h1-5,9-11,13,16-18H,6H2/t9-,10-,11+,13-/m1/s1. The molecule has 7 heteroatoms. The number of ether oxygens (including phenoxy) is 1. The minimum atomic E-state index is -1.28. The summed E-state index contributed by atoms with van der Waals surface area (Å²) in [6, 6.07) is 4.90. The van der Waals surface area contributed by atoms with Crippen LogP contribution in [0.15, 0.2) is 35.4 Å². The molecule has 4 atom stereocenters. The van der Waals surface area contributed by atoms with Gasteiger partial charge in [-0.25, -0.2) is 0 Å². The summed E-state index contributed by atoms with van der Waals surface area (Å²) < 4.78 is 6.55. The van der Waals surface area contributed by atoms with E-state index in [0.717, 1.165) is 0 Å². The summed E-state index contributed by atoms with van der Waals surface area (Å²) in [5.74, 6) is 0. The lowest BCUT2D eigenvalue weighted by Crippen LogP contribution is -2.35. The van der Waals surface area contributed by atoms with Crippen molar-refractivity contribution >= 4 is 10.9 Å². The molecule has 1 aliphatic rings.